The van der Waals surface area contributed by atoms with Gasteiger partial charge < -0.3 is 24.8 Å². The van der Waals surface area contributed by atoms with E-state index in [1.807, 2.05) is 54.8 Å². The molecule has 0 aliphatic rings. The van der Waals surface area contributed by atoms with Gasteiger partial charge in [0.15, 0.2) is 0 Å². The second-order valence-corrected chi connectivity index (χ2v) is 7.39. The van der Waals surface area contributed by atoms with Crippen LogP contribution in [0.3, 0.4) is 0 Å². The largest absolute Gasteiger partial charge is 0.444 e. The first kappa shape index (κ1) is 20.0. The van der Waals surface area contributed by atoms with Gasteiger partial charge in [-0.15, -0.1) is 0 Å². The molecule has 0 saturated heterocycles. The minimum absolute atomic E-state index is 0.106. The quantitative estimate of drug-likeness (QED) is 0.765. The van der Waals surface area contributed by atoms with Crippen LogP contribution in [-0.2, 0) is 4.74 Å². The molecule has 26 heavy (non-hydrogen) atoms. The number of aromatic nitrogens is 1. The van der Waals surface area contributed by atoms with Gasteiger partial charge in [-0.05, 0) is 52.8 Å². The first-order valence-corrected chi connectivity index (χ1v) is 8.67. The molecule has 2 unspecified atom stereocenters. The number of nitrogens with one attached hydrogen (secondary N) is 1. The van der Waals surface area contributed by atoms with E-state index in [0.29, 0.717) is 5.56 Å². The van der Waals surface area contributed by atoms with Crippen LogP contribution in [0.25, 0.3) is 5.69 Å². The van der Waals surface area contributed by atoms with Crippen molar-refractivity contribution < 1.29 is 19.7 Å². The van der Waals surface area contributed by atoms with E-state index < -0.39 is 23.9 Å². The third-order valence-electron chi connectivity index (χ3n) is 4.02. The van der Waals surface area contributed by atoms with E-state index in [4.69, 9.17) is 4.74 Å². The smallest absolute Gasteiger partial charge is 0.407 e. The lowest BCUT2D eigenvalue weighted by atomic mass is 10.0. The molecule has 6 heteroatoms. The molecule has 0 saturated carbocycles. The minimum Gasteiger partial charge on any atom is -0.444 e. The number of aliphatic hydroxyl groups is 2. The number of carbonyl (C=O) groups is 1. The SMILES string of the molecule is Cc1cc(C(O)C(O)CNC(=O)OC(C)(C)C)c(C)n1-c1ccccc1. The fraction of sp³-hybridized carbons (Fsp3) is 0.450. The number of rotatable bonds is 5. The Morgan fingerprint density at radius 3 is 2.38 bits per heavy atom. The summed E-state index contributed by atoms with van der Waals surface area (Å²) < 4.78 is 7.15. The van der Waals surface area contributed by atoms with Gasteiger partial charge in [-0.25, -0.2) is 4.79 Å². The number of para-hydroxylation sites is 1. The average molecular weight is 360 g/mol. The van der Waals surface area contributed by atoms with E-state index >= 15 is 0 Å². The van der Waals surface area contributed by atoms with Crippen molar-refractivity contribution in [3.8, 4) is 5.69 Å². The standard InChI is InChI=1S/C20H28N2O4/c1-13-11-16(14(2)22(13)15-9-7-6-8-10-15)18(24)17(23)12-21-19(25)26-20(3,4)5/h6-11,17-18,23-24H,12H2,1-5H3,(H,21,25). The Hall–Kier alpha value is -2.31. The highest BCUT2D eigenvalue weighted by Gasteiger charge is 2.25. The zero-order chi connectivity index (χ0) is 19.5. The number of alkyl carbamates (subject to hydrolysis) is 1. The fourth-order valence-electron chi connectivity index (χ4n) is 2.88. The zero-order valence-corrected chi connectivity index (χ0v) is 16.0. The summed E-state index contributed by atoms with van der Waals surface area (Å²) in [6.45, 7) is 9.02. The van der Waals surface area contributed by atoms with E-state index in [2.05, 4.69) is 5.32 Å². The number of ether oxygens (including phenoxy) is 1. The van der Waals surface area contributed by atoms with Crippen LogP contribution in [0.5, 0.6) is 0 Å². The van der Waals surface area contributed by atoms with Gasteiger partial charge in [0, 0.05) is 29.2 Å². The molecule has 0 bridgehead atoms. The zero-order valence-electron chi connectivity index (χ0n) is 16.0. The molecule has 1 heterocycles. The summed E-state index contributed by atoms with van der Waals surface area (Å²) in [5.41, 5.74) is 2.80. The molecule has 6 nitrogen and oxygen atoms in total. The lowest BCUT2D eigenvalue weighted by molar-refractivity contribution is 0.0126. The maximum atomic E-state index is 11.7. The molecule has 0 aliphatic carbocycles. The van der Waals surface area contributed by atoms with Gasteiger partial charge in [0.25, 0.3) is 0 Å². The molecule has 2 aromatic rings. The van der Waals surface area contributed by atoms with Crippen LogP contribution in [0.4, 0.5) is 4.79 Å². The average Bonchev–Trinajstić information content (AvgIpc) is 2.85. The number of aryl methyl sites for hydroxylation is 1. The molecule has 0 radical (unpaired) electrons. The Morgan fingerprint density at radius 2 is 1.81 bits per heavy atom. The van der Waals surface area contributed by atoms with Gasteiger partial charge in [-0.1, -0.05) is 18.2 Å². The van der Waals surface area contributed by atoms with Gasteiger partial charge in [-0.2, -0.15) is 0 Å². The number of aliphatic hydroxyl groups excluding tert-OH is 2. The number of benzene rings is 1. The normalized spacial score (nSPS) is 14.0. The molecular weight excluding hydrogens is 332 g/mol. The predicted molar refractivity (Wildman–Crippen MR) is 100 cm³/mol. The maximum Gasteiger partial charge on any atom is 0.407 e. The first-order chi connectivity index (χ1) is 12.1. The number of carbonyl (C=O) groups excluding carboxylic acids is 1. The maximum absolute atomic E-state index is 11.7. The van der Waals surface area contributed by atoms with Gasteiger partial charge in [-0.3, -0.25) is 0 Å². The molecule has 3 N–H and O–H groups in total. The van der Waals surface area contributed by atoms with Crippen molar-refractivity contribution in [2.75, 3.05) is 6.54 Å². The second-order valence-electron chi connectivity index (χ2n) is 7.39. The molecule has 0 fully saturated rings. The predicted octanol–water partition coefficient (Wildman–Crippen LogP) is 3.01. The van der Waals surface area contributed by atoms with Crippen LogP contribution in [0.15, 0.2) is 36.4 Å². The Labute approximate surface area is 154 Å². The van der Waals surface area contributed by atoms with E-state index in [1.165, 1.54) is 0 Å². The van der Waals surface area contributed by atoms with Crippen LogP contribution in [0.2, 0.25) is 0 Å². The molecule has 2 atom stereocenters. The lowest BCUT2D eigenvalue weighted by Crippen LogP contribution is -2.38. The number of amides is 1. The summed E-state index contributed by atoms with van der Waals surface area (Å²) in [4.78, 5) is 11.7. The fourth-order valence-corrected chi connectivity index (χ4v) is 2.88. The summed E-state index contributed by atoms with van der Waals surface area (Å²) in [5, 5.41) is 23.3. The van der Waals surface area contributed by atoms with E-state index in [1.54, 1.807) is 20.8 Å². The van der Waals surface area contributed by atoms with Crippen molar-refractivity contribution in [1.82, 2.24) is 9.88 Å². The van der Waals surface area contributed by atoms with Crippen molar-refractivity contribution in [2.24, 2.45) is 0 Å². The summed E-state index contributed by atoms with van der Waals surface area (Å²) in [6, 6.07) is 11.7. The van der Waals surface area contributed by atoms with Crippen molar-refractivity contribution in [3.63, 3.8) is 0 Å². The monoisotopic (exact) mass is 360 g/mol. The van der Waals surface area contributed by atoms with E-state index in [0.717, 1.165) is 17.1 Å². The van der Waals surface area contributed by atoms with Gasteiger partial charge in [0.05, 0.1) is 0 Å². The highest BCUT2D eigenvalue weighted by molar-refractivity contribution is 5.67. The molecule has 1 aromatic carbocycles. The van der Waals surface area contributed by atoms with Crippen molar-refractivity contribution in [2.45, 2.75) is 52.4 Å². The summed E-state index contributed by atoms with van der Waals surface area (Å²) in [7, 11) is 0. The third kappa shape index (κ3) is 4.86. The third-order valence-corrected chi connectivity index (χ3v) is 4.02. The van der Waals surface area contributed by atoms with Gasteiger partial charge in [0.2, 0.25) is 0 Å². The molecule has 0 spiro atoms. The number of hydrogen-bond donors (Lipinski definition) is 3. The summed E-state index contributed by atoms with van der Waals surface area (Å²) >= 11 is 0. The molecule has 2 rings (SSSR count). The van der Waals surface area contributed by atoms with Crippen molar-refractivity contribution in [3.05, 3.63) is 53.3 Å². The molecular formula is C20H28N2O4. The van der Waals surface area contributed by atoms with Crippen LogP contribution >= 0.6 is 0 Å². The number of hydrogen-bond acceptors (Lipinski definition) is 4. The van der Waals surface area contributed by atoms with E-state index in [-0.39, 0.29) is 6.54 Å². The molecule has 0 aliphatic heterocycles. The summed E-state index contributed by atoms with van der Waals surface area (Å²) in [5.74, 6) is 0. The Balaban J connectivity index is 2.10. The van der Waals surface area contributed by atoms with E-state index in [9.17, 15) is 15.0 Å². The van der Waals surface area contributed by atoms with Crippen LogP contribution in [-0.4, -0.2) is 39.1 Å². The Kier molecular flexibility index (Phi) is 6.10. The van der Waals surface area contributed by atoms with Gasteiger partial charge in [0.1, 0.15) is 17.8 Å². The number of nitrogens with zero attached hydrogens (tertiary/aromatic N) is 1. The van der Waals surface area contributed by atoms with Crippen LogP contribution in [0.1, 0.15) is 43.8 Å². The lowest BCUT2D eigenvalue weighted by Gasteiger charge is -2.22. The van der Waals surface area contributed by atoms with Crippen molar-refractivity contribution in [1.29, 1.82) is 0 Å². The molecule has 1 aromatic heterocycles. The summed E-state index contributed by atoms with van der Waals surface area (Å²) in [6.07, 6.45) is -2.89. The minimum atomic E-state index is -1.15. The topological polar surface area (TPSA) is 83.7 Å². The van der Waals surface area contributed by atoms with Gasteiger partial charge >= 0.3 is 6.09 Å². The Bertz CT molecular complexity index is 747. The first-order valence-electron chi connectivity index (χ1n) is 8.67. The van der Waals surface area contributed by atoms with Crippen LogP contribution < -0.4 is 5.32 Å². The molecule has 1 amide bonds. The van der Waals surface area contributed by atoms with Crippen LogP contribution in [0, 0.1) is 13.8 Å². The highest BCUT2D eigenvalue weighted by atomic mass is 16.6. The van der Waals surface area contributed by atoms with Crippen molar-refractivity contribution >= 4 is 6.09 Å². The highest BCUT2D eigenvalue weighted by Crippen LogP contribution is 2.27. The molecule has 142 valence electrons. The second kappa shape index (κ2) is 7.93. The Morgan fingerprint density at radius 1 is 1.19 bits per heavy atom.